The van der Waals surface area contributed by atoms with Gasteiger partial charge in [0, 0.05) is 48.8 Å². The number of morpholine rings is 1. The molecule has 3 N–H and O–H groups in total. The summed E-state index contributed by atoms with van der Waals surface area (Å²) < 4.78 is 11.1. The molecular weight excluding hydrogens is 454 g/mol. The minimum atomic E-state index is 0.326. The first-order chi connectivity index (χ1) is 17.7. The van der Waals surface area contributed by atoms with Crippen molar-refractivity contribution < 1.29 is 9.47 Å². The average molecular weight is 484 g/mol. The number of nitrogens with zero attached hydrogens (tertiary/aromatic N) is 5. The molecule has 0 spiro atoms. The Kier molecular flexibility index (Phi) is 7.30. The third-order valence-electron chi connectivity index (χ3n) is 6.15. The molecule has 0 saturated carbocycles. The summed E-state index contributed by atoms with van der Waals surface area (Å²) in [6.45, 7) is 4.58. The zero-order valence-corrected chi connectivity index (χ0v) is 20.2. The highest BCUT2D eigenvalue weighted by molar-refractivity contribution is 5.89. The van der Waals surface area contributed by atoms with E-state index in [4.69, 9.17) is 20.2 Å². The molecule has 1 aliphatic heterocycles. The number of anilines is 3. The fraction of sp³-hybridized carbons (Fsp3) is 0.259. The highest BCUT2D eigenvalue weighted by Gasteiger charge is 2.19. The third kappa shape index (κ3) is 5.42. The van der Waals surface area contributed by atoms with E-state index in [1.807, 2.05) is 36.4 Å². The van der Waals surface area contributed by atoms with Gasteiger partial charge in [-0.1, -0.05) is 24.3 Å². The van der Waals surface area contributed by atoms with Crippen LogP contribution >= 0.6 is 0 Å². The SMILES string of the molecule is COc1ccccc1-c1nc(Nc2cccc(CCN3CCOCC3)c2)nc(N)c1-c1cncnc1. The van der Waals surface area contributed by atoms with Gasteiger partial charge in [0.1, 0.15) is 17.9 Å². The minimum absolute atomic E-state index is 0.326. The van der Waals surface area contributed by atoms with Crippen molar-refractivity contribution in [3.05, 3.63) is 72.8 Å². The van der Waals surface area contributed by atoms with E-state index >= 15 is 0 Å². The summed E-state index contributed by atoms with van der Waals surface area (Å²) in [5, 5.41) is 3.34. The van der Waals surface area contributed by atoms with Gasteiger partial charge in [0.25, 0.3) is 0 Å². The van der Waals surface area contributed by atoms with Crippen LogP contribution in [0, 0.1) is 0 Å². The van der Waals surface area contributed by atoms with Crippen LogP contribution in [0.1, 0.15) is 5.56 Å². The van der Waals surface area contributed by atoms with E-state index in [9.17, 15) is 0 Å². The highest BCUT2D eigenvalue weighted by Crippen LogP contribution is 2.39. The topological polar surface area (TPSA) is 111 Å². The minimum Gasteiger partial charge on any atom is -0.496 e. The quantitative estimate of drug-likeness (QED) is 0.386. The molecule has 0 unspecified atom stereocenters. The van der Waals surface area contributed by atoms with E-state index < -0.39 is 0 Å². The van der Waals surface area contributed by atoms with Crippen molar-refractivity contribution in [2.24, 2.45) is 0 Å². The molecule has 0 bridgehead atoms. The number of aromatic nitrogens is 4. The first kappa shape index (κ1) is 23.7. The van der Waals surface area contributed by atoms with Crippen LogP contribution in [0.25, 0.3) is 22.4 Å². The number of hydrogen-bond donors (Lipinski definition) is 2. The summed E-state index contributed by atoms with van der Waals surface area (Å²) in [5.74, 6) is 1.41. The molecule has 0 amide bonds. The number of ether oxygens (including phenoxy) is 2. The van der Waals surface area contributed by atoms with Crippen LogP contribution in [0.2, 0.25) is 0 Å². The summed E-state index contributed by atoms with van der Waals surface area (Å²) in [6.07, 6.45) is 5.83. The van der Waals surface area contributed by atoms with Crippen molar-refractivity contribution >= 4 is 17.5 Å². The van der Waals surface area contributed by atoms with E-state index in [1.54, 1.807) is 19.5 Å². The number of rotatable bonds is 8. The van der Waals surface area contributed by atoms with E-state index in [1.165, 1.54) is 11.9 Å². The van der Waals surface area contributed by atoms with Crippen molar-refractivity contribution in [3.63, 3.8) is 0 Å². The molecule has 3 heterocycles. The maximum Gasteiger partial charge on any atom is 0.229 e. The normalized spacial score (nSPS) is 13.9. The number of para-hydroxylation sites is 1. The lowest BCUT2D eigenvalue weighted by atomic mass is 10.0. The number of benzene rings is 2. The Morgan fingerprint density at radius 3 is 2.64 bits per heavy atom. The Hall–Kier alpha value is -4.08. The summed E-state index contributed by atoms with van der Waals surface area (Å²) in [5.41, 5.74) is 11.5. The van der Waals surface area contributed by atoms with Crippen LogP contribution in [0.3, 0.4) is 0 Å². The van der Waals surface area contributed by atoms with Crippen LogP contribution in [0.4, 0.5) is 17.5 Å². The second kappa shape index (κ2) is 11.1. The lowest BCUT2D eigenvalue weighted by Gasteiger charge is -2.26. The summed E-state index contributed by atoms with van der Waals surface area (Å²) >= 11 is 0. The summed E-state index contributed by atoms with van der Waals surface area (Å²) in [7, 11) is 1.64. The molecule has 4 aromatic rings. The van der Waals surface area contributed by atoms with Crippen molar-refractivity contribution in [1.82, 2.24) is 24.8 Å². The lowest BCUT2D eigenvalue weighted by Crippen LogP contribution is -2.37. The maximum atomic E-state index is 6.49. The van der Waals surface area contributed by atoms with Gasteiger partial charge in [-0.2, -0.15) is 4.98 Å². The number of methoxy groups -OCH3 is 1. The number of nitrogen functional groups attached to an aromatic ring is 1. The van der Waals surface area contributed by atoms with Crippen molar-refractivity contribution in [3.8, 4) is 28.1 Å². The molecule has 2 aromatic carbocycles. The van der Waals surface area contributed by atoms with E-state index in [0.29, 0.717) is 28.8 Å². The smallest absolute Gasteiger partial charge is 0.229 e. The Labute approximate surface area is 210 Å². The van der Waals surface area contributed by atoms with Crippen LogP contribution < -0.4 is 15.8 Å². The zero-order chi connectivity index (χ0) is 24.7. The molecule has 0 radical (unpaired) electrons. The van der Waals surface area contributed by atoms with Gasteiger partial charge in [-0.15, -0.1) is 0 Å². The zero-order valence-electron chi connectivity index (χ0n) is 20.2. The Balaban J connectivity index is 1.46. The molecule has 2 aromatic heterocycles. The maximum absolute atomic E-state index is 6.49. The fourth-order valence-electron chi connectivity index (χ4n) is 4.33. The van der Waals surface area contributed by atoms with Crippen molar-refractivity contribution in [2.45, 2.75) is 6.42 Å². The Morgan fingerprint density at radius 1 is 1.03 bits per heavy atom. The molecule has 9 heteroatoms. The summed E-state index contributed by atoms with van der Waals surface area (Å²) in [6, 6.07) is 16.0. The van der Waals surface area contributed by atoms with Gasteiger partial charge >= 0.3 is 0 Å². The molecule has 0 atom stereocenters. The molecular formula is C27H29N7O2. The van der Waals surface area contributed by atoms with Gasteiger partial charge in [0.2, 0.25) is 5.95 Å². The van der Waals surface area contributed by atoms with Crippen molar-refractivity contribution in [1.29, 1.82) is 0 Å². The van der Waals surface area contributed by atoms with Gasteiger partial charge in [-0.25, -0.2) is 15.0 Å². The van der Waals surface area contributed by atoms with Gasteiger partial charge in [-0.3, -0.25) is 4.90 Å². The highest BCUT2D eigenvalue weighted by atomic mass is 16.5. The molecule has 9 nitrogen and oxygen atoms in total. The van der Waals surface area contributed by atoms with Gasteiger partial charge < -0.3 is 20.5 Å². The predicted molar refractivity (Wildman–Crippen MR) is 140 cm³/mol. The molecule has 5 rings (SSSR count). The molecule has 1 aliphatic rings. The van der Waals surface area contributed by atoms with Crippen LogP contribution in [-0.4, -0.2) is 64.8 Å². The molecule has 184 valence electrons. The number of hydrogen-bond acceptors (Lipinski definition) is 9. The number of nitrogens with two attached hydrogens (primary N) is 1. The molecule has 36 heavy (non-hydrogen) atoms. The molecule has 0 aliphatic carbocycles. The Bertz CT molecular complexity index is 1310. The lowest BCUT2D eigenvalue weighted by molar-refractivity contribution is 0.0384. The second-order valence-electron chi connectivity index (χ2n) is 8.51. The molecule has 1 saturated heterocycles. The van der Waals surface area contributed by atoms with E-state index in [2.05, 4.69) is 37.3 Å². The fourth-order valence-corrected chi connectivity index (χ4v) is 4.33. The predicted octanol–water partition coefficient (Wildman–Crippen LogP) is 3.81. The third-order valence-corrected chi connectivity index (χ3v) is 6.15. The monoisotopic (exact) mass is 483 g/mol. The molecule has 1 fully saturated rings. The van der Waals surface area contributed by atoms with Crippen LogP contribution in [0.15, 0.2) is 67.3 Å². The average Bonchev–Trinajstić information content (AvgIpc) is 2.93. The Morgan fingerprint density at radius 2 is 1.83 bits per heavy atom. The van der Waals surface area contributed by atoms with Gasteiger partial charge in [0.05, 0.1) is 31.6 Å². The largest absolute Gasteiger partial charge is 0.496 e. The van der Waals surface area contributed by atoms with Crippen molar-refractivity contribution in [2.75, 3.05) is 51.0 Å². The first-order valence-corrected chi connectivity index (χ1v) is 11.9. The summed E-state index contributed by atoms with van der Waals surface area (Å²) in [4.78, 5) is 20.2. The standard InChI is InChI=1S/C27H29N7O2/c1-35-23-8-3-2-7-22(23)25-24(20-16-29-18-30-17-20)26(28)33-27(32-25)31-21-6-4-5-19(15-21)9-10-34-11-13-36-14-12-34/h2-8,15-18H,9-14H2,1H3,(H3,28,31,32,33). The van der Waals surface area contributed by atoms with Gasteiger partial charge in [0.15, 0.2) is 0 Å². The second-order valence-corrected chi connectivity index (χ2v) is 8.51. The van der Waals surface area contributed by atoms with Crippen LogP contribution in [0.5, 0.6) is 5.75 Å². The van der Waals surface area contributed by atoms with E-state index in [0.717, 1.165) is 56.1 Å². The van der Waals surface area contributed by atoms with Gasteiger partial charge in [-0.05, 0) is 36.2 Å². The van der Waals surface area contributed by atoms with Crippen LogP contribution in [-0.2, 0) is 11.2 Å². The number of nitrogens with one attached hydrogen (secondary N) is 1. The van der Waals surface area contributed by atoms with E-state index in [-0.39, 0.29) is 0 Å². The first-order valence-electron chi connectivity index (χ1n) is 11.9.